The van der Waals surface area contributed by atoms with E-state index in [2.05, 4.69) is 115 Å². The van der Waals surface area contributed by atoms with Crippen molar-refractivity contribution < 1.29 is 0 Å². The standard InChI is InChI=1S/C36H32N2/c37-35(34-23-13-12-22-33(34)29-25-24-27-14-10-11-15-28(27)26-29)38-36(30-16-4-1-5-17-30,31-18-6-2-7-19-31)32-20-8-3-9-21-32/h1-9,12-13,16-26H,10-11,14-15H2,(H2,37,38). The lowest BCUT2D eigenvalue weighted by Gasteiger charge is -2.33. The third-order valence-corrected chi connectivity index (χ3v) is 7.73. The van der Waals surface area contributed by atoms with Gasteiger partial charge < -0.3 is 5.73 Å². The van der Waals surface area contributed by atoms with Crippen LogP contribution in [0.4, 0.5) is 0 Å². The maximum Gasteiger partial charge on any atom is 0.138 e. The van der Waals surface area contributed by atoms with Crippen LogP contribution in [0.25, 0.3) is 11.1 Å². The maximum absolute atomic E-state index is 7.02. The Bertz CT molecular complexity index is 1460. The highest BCUT2D eigenvalue weighted by Gasteiger charge is 2.36. The van der Waals surface area contributed by atoms with Gasteiger partial charge >= 0.3 is 0 Å². The SMILES string of the molecule is NC(=NC(c1ccccc1)(c1ccccc1)c1ccccc1)c1ccccc1-c1ccc2c(c1)CCCC2. The number of aliphatic imine (C=N–C) groups is 1. The van der Waals surface area contributed by atoms with E-state index in [-0.39, 0.29) is 0 Å². The van der Waals surface area contributed by atoms with Crippen LogP contribution in [0.5, 0.6) is 0 Å². The van der Waals surface area contributed by atoms with Crippen molar-refractivity contribution in [3.63, 3.8) is 0 Å². The lowest BCUT2D eigenvalue weighted by atomic mass is 9.77. The first kappa shape index (κ1) is 23.9. The Morgan fingerprint density at radius 2 is 1.05 bits per heavy atom. The molecule has 6 rings (SSSR count). The molecule has 2 nitrogen and oxygen atoms in total. The van der Waals surface area contributed by atoms with Gasteiger partial charge in [-0.25, -0.2) is 4.99 Å². The third-order valence-electron chi connectivity index (χ3n) is 7.73. The summed E-state index contributed by atoms with van der Waals surface area (Å²) in [6.45, 7) is 0. The van der Waals surface area contributed by atoms with E-state index in [1.807, 2.05) is 18.2 Å². The zero-order valence-corrected chi connectivity index (χ0v) is 21.6. The molecule has 0 saturated heterocycles. The Morgan fingerprint density at radius 3 is 1.63 bits per heavy atom. The molecule has 0 aliphatic heterocycles. The number of hydrogen-bond acceptors (Lipinski definition) is 1. The summed E-state index contributed by atoms with van der Waals surface area (Å²) < 4.78 is 0. The Labute approximate surface area is 225 Å². The van der Waals surface area contributed by atoms with Crippen LogP contribution in [-0.4, -0.2) is 5.84 Å². The molecule has 2 N–H and O–H groups in total. The number of nitrogens with zero attached hydrogens (tertiary/aromatic N) is 1. The van der Waals surface area contributed by atoms with E-state index in [0.29, 0.717) is 5.84 Å². The van der Waals surface area contributed by atoms with Crippen LogP contribution in [-0.2, 0) is 18.4 Å². The fourth-order valence-corrected chi connectivity index (χ4v) is 5.83. The van der Waals surface area contributed by atoms with E-state index in [0.717, 1.165) is 34.2 Å². The van der Waals surface area contributed by atoms with Gasteiger partial charge in [-0.15, -0.1) is 0 Å². The predicted octanol–water partition coefficient (Wildman–Crippen LogP) is 7.93. The molecule has 0 saturated carbocycles. The number of fused-ring (bicyclic) bond motifs is 1. The molecule has 5 aromatic carbocycles. The van der Waals surface area contributed by atoms with Crippen LogP contribution in [0.1, 0.15) is 46.2 Å². The van der Waals surface area contributed by atoms with E-state index in [9.17, 15) is 0 Å². The van der Waals surface area contributed by atoms with Crippen LogP contribution in [0.2, 0.25) is 0 Å². The monoisotopic (exact) mass is 492 g/mol. The Balaban J connectivity index is 1.57. The summed E-state index contributed by atoms with van der Waals surface area (Å²) in [5.74, 6) is 0.523. The molecule has 0 bridgehead atoms. The van der Waals surface area contributed by atoms with Gasteiger partial charge in [-0.05, 0) is 64.6 Å². The zero-order chi connectivity index (χ0) is 25.8. The van der Waals surface area contributed by atoms with Gasteiger partial charge in [0.05, 0.1) is 0 Å². The summed E-state index contributed by atoms with van der Waals surface area (Å²) in [5.41, 5.74) is 15.7. The Hall–Kier alpha value is -4.43. The van der Waals surface area contributed by atoms with Gasteiger partial charge in [0, 0.05) is 5.56 Å². The number of rotatable bonds is 6. The lowest BCUT2D eigenvalue weighted by molar-refractivity contribution is 0.655. The van der Waals surface area contributed by atoms with Gasteiger partial charge in [-0.1, -0.05) is 133 Å². The van der Waals surface area contributed by atoms with E-state index >= 15 is 0 Å². The number of hydrogen-bond donors (Lipinski definition) is 1. The molecule has 0 heterocycles. The number of benzene rings is 5. The predicted molar refractivity (Wildman–Crippen MR) is 158 cm³/mol. The molecule has 0 unspecified atom stereocenters. The molecule has 0 amide bonds. The van der Waals surface area contributed by atoms with Crippen LogP contribution in [0.15, 0.2) is 138 Å². The molecule has 5 aromatic rings. The summed E-state index contributed by atoms with van der Waals surface area (Å²) >= 11 is 0. The normalized spacial score (nSPS) is 13.6. The first-order chi connectivity index (χ1) is 18.8. The molecule has 0 radical (unpaired) electrons. The van der Waals surface area contributed by atoms with Crippen molar-refractivity contribution >= 4 is 5.84 Å². The highest BCUT2D eigenvalue weighted by Crippen LogP contribution is 2.41. The van der Waals surface area contributed by atoms with Crippen molar-refractivity contribution in [2.45, 2.75) is 31.2 Å². The zero-order valence-electron chi connectivity index (χ0n) is 21.6. The largest absolute Gasteiger partial charge is 0.383 e. The van der Waals surface area contributed by atoms with Crippen LogP contribution in [0, 0.1) is 0 Å². The summed E-state index contributed by atoms with van der Waals surface area (Å²) in [6, 6.07) is 46.7. The van der Waals surface area contributed by atoms with Crippen molar-refractivity contribution in [3.05, 3.63) is 167 Å². The summed E-state index contributed by atoms with van der Waals surface area (Å²) in [7, 11) is 0. The van der Waals surface area contributed by atoms with Crippen molar-refractivity contribution in [2.75, 3.05) is 0 Å². The van der Waals surface area contributed by atoms with E-state index < -0.39 is 5.54 Å². The van der Waals surface area contributed by atoms with Gasteiger partial charge in [0.1, 0.15) is 11.4 Å². The highest BCUT2D eigenvalue weighted by molar-refractivity contribution is 6.04. The van der Waals surface area contributed by atoms with Gasteiger partial charge in [-0.2, -0.15) is 0 Å². The molecule has 2 heteroatoms. The van der Waals surface area contributed by atoms with Crippen molar-refractivity contribution in [1.29, 1.82) is 0 Å². The molecule has 186 valence electrons. The number of nitrogens with two attached hydrogens (primary N) is 1. The first-order valence-electron chi connectivity index (χ1n) is 13.5. The Kier molecular flexibility index (Phi) is 6.62. The molecule has 0 fully saturated rings. The topological polar surface area (TPSA) is 38.4 Å². The minimum absolute atomic E-state index is 0.523. The van der Waals surface area contributed by atoms with Gasteiger partial charge in [0.2, 0.25) is 0 Å². The fourth-order valence-electron chi connectivity index (χ4n) is 5.83. The second kappa shape index (κ2) is 10.5. The fraction of sp³-hybridized carbons (Fsp3) is 0.139. The second-order valence-electron chi connectivity index (χ2n) is 10.0. The minimum atomic E-state index is -0.795. The highest BCUT2D eigenvalue weighted by atomic mass is 14.9. The van der Waals surface area contributed by atoms with Gasteiger partial charge in [-0.3, -0.25) is 0 Å². The number of aryl methyl sites for hydroxylation is 2. The van der Waals surface area contributed by atoms with Crippen molar-refractivity contribution in [2.24, 2.45) is 10.7 Å². The lowest BCUT2D eigenvalue weighted by Crippen LogP contribution is -2.31. The van der Waals surface area contributed by atoms with Gasteiger partial charge in [0.25, 0.3) is 0 Å². The molecule has 0 atom stereocenters. The molecule has 38 heavy (non-hydrogen) atoms. The van der Waals surface area contributed by atoms with Crippen molar-refractivity contribution in [1.82, 2.24) is 0 Å². The molecule has 0 aromatic heterocycles. The number of amidine groups is 1. The second-order valence-corrected chi connectivity index (χ2v) is 10.0. The maximum atomic E-state index is 7.02. The van der Waals surface area contributed by atoms with Crippen LogP contribution in [0.3, 0.4) is 0 Å². The average molecular weight is 493 g/mol. The summed E-state index contributed by atoms with van der Waals surface area (Å²) in [4.78, 5) is 5.46. The smallest absolute Gasteiger partial charge is 0.138 e. The first-order valence-corrected chi connectivity index (χ1v) is 13.5. The third kappa shape index (κ3) is 4.43. The van der Waals surface area contributed by atoms with Crippen LogP contribution >= 0.6 is 0 Å². The minimum Gasteiger partial charge on any atom is -0.383 e. The summed E-state index contributed by atoms with van der Waals surface area (Å²) in [5, 5.41) is 0. The van der Waals surface area contributed by atoms with Crippen LogP contribution < -0.4 is 5.73 Å². The molecular weight excluding hydrogens is 460 g/mol. The molecule has 1 aliphatic rings. The van der Waals surface area contributed by atoms with Gasteiger partial charge in [0.15, 0.2) is 0 Å². The van der Waals surface area contributed by atoms with E-state index in [1.165, 1.54) is 36.0 Å². The quantitative estimate of drug-likeness (QED) is 0.146. The van der Waals surface area contributed by atoms with E-state index in [1.54, 1.807) is 0 Å². The van der Waals surface area contributed by atoms with Crippen molar-refractivity contribution in [3.8, 4) is 11.1 Å². The molecular formula is C36H32N2. The molecule has 1 aliphatic carbocycles. The average Bonchev–Trinajstić information content (AvgIpc) is 3.01. The Morgan fingerprint density at radius 1 is 0.553 bits per heavy atom. The van der Waals surface area contributed by atoms with E-state index in [4.69, 9.17) is 10.7 Å². The summed E-state index contributed by atoms with van der Waals surface area (Å²) in [6.07, 6.45) is 4.86. The molecule has 0 spiro atoms.